The Morgan fingerprint density at radius 1 is 1.16 bits per heavy atom. The average molecular weight is 337 g/mol. The molecule has 1 aromatic heterocycles. The van der Waals surface area contributed by atoms with Crippen molar-refractivity contribution in [3.05, 3.63) is 48.2 Å². The van der Waals surface area contributed by atoms with Crippen LogP contribution in [0, 0.1) is 0 Å². The van der Waals surface area contributed by atoms with Gasteiger partial charge in [0.2, 0.25) is 5.91 Å². The summed E-state index contributed by atoms with van der Waals surface area (Å²) in [7, 11) is 1.56. The molecule has 0 spiro atoms. The summed E-state index contributed by atoms with van der Waals surface area (Å²) in [6, 6.07) is 11.0. The minimum atomic E-state index is -0.491. The van der Waals surface area contributed by atoms with E-state index in [1.54, 1.807) is 32.4 Å². The molecule has 128 valence electrons. The molecule has 1 heterocycles. The molecule has 25 heavy (non-hydrogen) atoms. The first-order valence-corrected chi connectivity index (χ1v) is 7.94. The highest BCUT2D eigenvalue weighted by Crippen LogP contribution is 2.40. The van der Waals surface area contributed by atoms with Crippen LogP contribution >= 0.6 is 0 Å². The second-order valence-corrected chi connectivity index (χ2v) is 5.58. The average Bonchev–Trinajstić information content (AvgIpc) is 3.10. The van der Waals surface area contributed by atoms with Crippen molar-refractivity contribution in [2.75, 3.05) is 12.4 Å². The van der Waals surface area contributed by atoms with Gasteiger partial charge in [0.05, 0.1) is 23.9 Å². The lowest BCUT2D eigenvalue weighted by Crippen LogP contribution is -2.12. The quantitative estimate of drug-likeness (QED) is 0.666. The molecule has 0 aliphatic rings. The van der Waals surface area contributed by atoms with E-state index in [4.69, 9.17) is 10.5 Å². The molecule has 0 unspecified atom stereocenters. The zero-order valence-electron chi connectivity index (χ0n) is 14.1. The minimum absolute atomic E-state index is 0.0914. The Morgan fingerprint density at radius 2 is 1.96 bits per heavy atom. The van der Waals surface area contributed by atoms with Gasteiger partial charge in [-0.25, -0.2) is 0 Å². The fourth-order valence-electron chi connectivity index (χ4n) is 2.90. The summed E-state index contributed by atoms with van der Waals surface area (Å²) in [5.74, 6) is -0.0140. The van der Waals surface area contributed by atoms with Crippen molar-refractivity contribution in [3.8, 4) is 16.9 Å². The molecule has 0 atom stereocenters. The summed E-state index contributed by atoms with van der Waals surface area (Å²) < 4.78 is 5.56. The number of carbonyl (C=O) groups is 2. The molecule has 0 aliphatic carbocycles. The Hall–Kier alpha value is -3.28. The first-order chi connectivity index (χ1) is 12.1. The predicted molar refractivity (Wildman–Crippen MR) is 97.7 cm³/mol. The molecule has 0 fully saturated rings. The van der Waals surface area contributed by atoms with Crippen LogP contribution in [0.4, 0.5) is 5.69 Å². The second kappa shape index (κ2) is 6.68. The maximum Gasteiger partial charge on any atom is 0.250 e. The summed E-state index contributed by atoms with van der Waals surface area (Å²) in [4.78, 5) is 26.4. The normalized spacial score (nSPS) is 10.6. The topological polar surface area (TPSA) is 97.2 Å². The van der Waals surface area contributed by atoms with Gasteiger partial charge in [0, 0.05) is 23.6 Å². The van der Waals surface area contributed by atoms with Crippen molar-refractivity contribution < 1.29 is 14.3 Å². The Labute approximate surface area is 145 Å². The van der Waals surface area contributed by atoms with Gasteiger partial charge in [-0.15, -0.1) is 0 Å². The third-order valence-electron chi connectivity index (χ3n) is 4.09. The van der Waals surface area contributed by atoms with Crippen LogP contribution in [0.25, 0.3) is 22.0 Å². The van der Waals surface area contributed by atoms with Gasteiger partial charge >= 0.3 is 0 Å². The van der Waals surface area contributed by atoms with E-state index < -0.39 is 5.91 Å². The number of hydrogen-bond acceptors (Lipinski definition) is 3. The molecule has 4 N–H and O–H groups in total. The smallest absolute Gasteiger partial charge is 0.250 e. The number of ether oxygens (including phenoxy) is 1. The number of amides is 2. The van der Waals surface area contributed by atoms with Crippen molar-refractivity contribution in [1.29, 1.82) is 0 Å². The number of fused-ring (bicyclic) bond motifs is 1. The molecule has 2 aromatic carbocycles. The van der Waals surface area contributed by atoms with Crippen LogP contribution < -0.4 is 15.8 Å². The molecule has 3 rings (SSSR count). The molecule has 0 bridgehead atoms. The maximum absolute atomic E-state index is 11.8. The summed E-state index contributed by atoms with van der Waals surface area (Å²) >= 11 is 0. The molecular weight excluding hydrogens is 318 g/mol. The molecule has 0 saturated heterocycles. The van der Waals surface area contributed by atoms with Crippen LogP contribution in [0.1, 0.15) is 23.7 Å². The standard InChI is InChI=1S/C19H19N3O3/c1-3-16(23)22-15-6-4-5-13(18(15)25-2)11-7-8-14(19(20)24)17-12(11)9-10-21-17/h4-10,21H,3H2,1-2H3,(H2,20,24)(H,22,23). The van der Waals surface area contributed by atoms with E-state index in [1.165, 1.54) is 0 Å². The highest BCUT2D eigenvalue weighted by atomic mass is 16.5. The zero-order chi connectivity index (χ0) is 18.0. The summed E-state index contributed by atoms with van der Waals surface area (Å²) in [6.45, 7) is 1.79. The van der Waals surface area contributed by atoms with E-state index in [-0.39, 0.29) is 5.91 Å². The Balaban J connectivity index is 2.20. The van der Waals surface area contributed by atoms with Crippen LogP contribution in [0.5, 0.6) is 5.75 Å². The van der Waals surface area contributed by atoms with Gasteiger partial charge in [-0.2, -0.15) is 0 Å². The first kappa shape index (κ1) is 16.6. The number of methoxy groups -OCH3 is 1. The number of nitrogens with one attached hydrogen (secondary N) is 2. The zero-order valence-corrected chi connectivity index (χ0v) is 14.1. The maximum atomic E-state index is 11.8. The SMILES string of the molecule is CCC(=O)Nc1cccc(-c2ccc(C(N)=O)c3[nH]ccc23)c1OC. The van der Waals surface area contributed by atoms with E-state index in [0.717, 1.165) is 16.5 Å². The number of carbonyl (C=O) groups excluding carboxylic acids is 2. The number of hydrogen-bond donors (Lipinski definition) is 3. The van der Waals surface area contributed by atoms with Crippen molar-refractivity contribution >= 4 is 28.4 Å². The van der Waals surface area contributed by atoms with Gasteiger partial charge in [-0.05, 0) is 23.8 Å². The number of aromatic amines is 1. The number of benzene rings is 2. The predicted octanol–water partition coefficient (Wildman–Crippen LogP) is 3.29. The lowest BCUT2D eigenvalue weighted by Gasteiger charge is -2.15. The number of anilines is 1. The van der Waals surface area contributed by atoms with Crippen molar-refractivity contribution in [3.63, 3.8) is 0 Å². The van der Waals surface area contributed by atoms with Gasteiger partial charge in [-0.1, -0.05) is 25.1 Å². The summed E-state index contributed by atoms with van der Waals surface area (Å²) in [5, 5.41) is 3.70. The molecule has 6 heteroatoms. The van der Waals surface area contributed by atoms with E-state index in [0.29, 0.717) is 28.9 Å². The fraction of sp³-hybridized carbons (Fsp3) is 0.158. The molecule has 2 amide bonds. The van der Waals surface area contributed by atoms with Gasteiger partial charge in [0.1, 0.15) is 5.75 Å². The van der Waals surface area contributed by atoms with Gasteiger partial charge in [0.25, 0.3) is 5.91 Å². The van der Waals surface area contributed by atoms with Crippen LogP contribution in [0.15, 0.2) is 42.6 Å². The molecule has 6 nitrogen and oxygen atoms in total. The van der Waals surface area contributed by atoms with Crippen molar-refractivity contribution in [2.45, 2.75) is 13.3 Å². The molecule has 3 aromatic rings. The third-order valence-corrected chi connectivity index (χ3v) is 4.09. The molecule has 0 radical (unpaired) electrons. The number of primary amides is 1. The Kier molecular flexibility index (Phi) is 4.43. The minimum Gasteiger partial charge on any atom is -0.494 e. The van der Waals surface area contributed by atoms with Crippen LogP contribution in [-0.4, -0.2) is 23.9 Å². The van der Waals surface area contributed by atoms with Crippen molar-refractivity contribution in [2.24, 2.45) is 5.73 Å². The fourth-order valence-corrected chi connectivity index (χ4v) is 2.90. The van der Waals surface area contributed by atoms with Crippen molar-refractivity contribution in [1.82, 2.24) is 4.98 Å². The number of rotatable bonds is 5. The number of aromatic nitrogens is 1. The van der Waals surface area contributed by atoms with Crippen LogP contribution in [-0.2, 0) is 4.79 Å². The second-order valence-electron chi connectivity index (χ2n) is 5.58. The number of para-hydroxylation sites is 1. The van der Waals surface area contributed by atoms with Crippen LogP contribution in [0.2, 0.25) is 0 Å². The van der Waals surface area contributed by atoms with E-state index in [9.17, 15) is 9.59 Å². The van der Waals surface area contributed by atoms with Gasteiger partial charge in [-0.3, -0.25) is 9.59 Å². The summed E-state index contributed by atoms with van der Waals surface area (Å²) in [5.41, 5.74) is 8.85. The Bertz CT molecular complexity index is 960. The third kappa shape index (κ3) is 2.94. The summed E-state index contributed by atoms with van der Waals surface area (Å²) in [6.07, 6.45) is 2.14. The van der Waals surface area contributed by atoms with Gasteiger partial charge in [0.15, 0.2) is 0 Å². The monoisotopic (exact) mass is 337 g/mol. The Morgan fingerprint density at radius 3 is 2.64 bits per heavy atom. The highest BCUT2D eigenvalue weighted by Gasteiger charge is 2.17. The molecule has 0 aliphatic heterocycles. The van der Waals surface area contributed by atoms with E-state index >= 15 is 0 Å². The molecular formula is C19H19N3O3. The number of H-pyrrole nitrogens is 1. The lowest BCUT2D eigenvalue weighted by atomic mass is 9.97. The molecule has 0 saturated carbocycles. The lowest BCUT2D eigenvalue weighted by molar-refractivity contribution is -0.115. The van der Waals surface area contributed by atoms with Crippen LogP contribution in [0.3, 0.4) is 0 Å². The van der Waals surface area contributed by atoms with Gasteiger partial charge < -0.3 is 20.8 Å². The first-order valence-electron chi connectivity index (χ1n) is 7.94. The number of nitrogens with two attached hydrogens (primary N) is 1. The van der Waals surface area contributed by atoms with E-state index in [2.05, 4.69) is 10.3 Å². The van der Waals surface area contributed by atoms with E-state index in [1.807, 2.05) is 24.3 Å². The largest absolute Gasteiger partial charge is 0.494 e. The highest BCUT2D eigenvalue weighted by molar-refractivity contribution is 6.10.